The SMILES string of the molecule is C[SiH](C)C(C(=O)OC(C)(C)C)C(O)CC(O)C#CC(C)(C)C. The van der Waals surface area contributed by atoms with Gasteiger partial charge in [0.25, 0.3) is 0 Å². The molecule has 3 unspecified atom stereocenters. The van der Waals surface area contributed by atoms with Crippen LogP contribution in [0.5, 0.6) is 0 Å². The van der Waals surface area contributed by atoms with Crippen molar-refractivity contribution in [2.45, 2.75) is 84.4 Å². The Bertz CT molecular complexity index is 421. The van der Waals surface area contributed by atoms with E-state index in [9.17, 15) is 15.0 Å². The number of aliphatic hydroxyl groups excluding tert-OH is 2. The second-order valence-corrected chi connectivity index (χ2v) is 11.3. The molecule has 3 atom stereocenters. The number of ether oxygens (including phenoxy) is 1. The third kappa shape index (κ3) is 9.24. The van der Waals surface area contributed by atoms with Crippen molar-refractivity contribution in [2.75, 3.05) is 0 Å². The lowest BCUT2D eigenvalue weighted by molar-refractivity contribution is -0.157. The van der Waals surface area contributed by atoms with E-state index in [0.717, 1.165) is 0 Å². The summed E-state index contributed by atoms with van der Waals surface area (Å²) in [6.45, 7) is 15.3. The first-order valence-electron chi connectivity index (χ1n) is 7.84. The van der Waals surface area contributed by atoms with E-state index in [2.05, 4.69) is 11.8 Å². The Kier molecular flexibility index (Phi) is 7.83. The van der Waals surface area contributed by atoms with Gasteiger partial charge in [-0.25, -0.2) is 0 Å². The third-order valence-corrected chi connectivity index (χ3v) is 5.04. The largest absolute Gasteiger partial charge is 0.460 e. The van der Waals surface area contributed by atoms with E-state index >= 15 is 0 Å². The van der Waals surface area contributed by atoms with Crippen molar-refractivity contribution in [1.29, 1.82) is 0 Å². The molecule has 2 N–H and O–H groups in total. The summed E-state index contributed by atoms with van der Waals surface area (Å²) in [6, 6.07) is 0. The quantitative estimate of drug-likeness (QED) is 0.462. The fourth-order valence-corrected chi connectivity index (χ4v) is 3.64. The molecule has 0 amide bonds. The highest BCUT2D eigenvalue weighted by molar-refractivity contribution is 6.61. The van der Waals surface area contributed by atoms with Crippen LogP contribution >= 0.6 is 0 Å². The summed E-state index contributed by atoms with van der Waals surface area (Å²) < 4.78 is 5.40. The van der Waals surface area contributed by atoms with Crippen molar-refractivity contribution in [3.63, 3.8) is 0 Å². The monoisotopic (exact) mass is 328 g/mol. The maximum Gasteiger partial charge on any atom is 0.308 e. The molecule has 0 spiro atoms. The Balaban J connectivity index is 4.90. The minimum atomic E-state index is -1.49. The standard InChI is InChI=1S/C17H32O4Si/c1-16(2,3)10-9-12(18)11-13(19)14(22(7)8)15(20)21-17(4,5)6/h12-14,18-19,22H,11H2,1-8H3. The van der Waals surface area contributed by atoms with E-state index in [1.807, 2.05) is 33.9 Å². The van der Waals surface area contributed by atoms with Gasteiger partial charge in [0.15, 0.2) is 0 Å². The highest BCUT2D eigenvalue weighted by atomic mass is 28.3. The molecule has 0 fully saturated rings. The fourth-order valence-electron chi connectivity index (χ4n) is 1.98. The maximum atomic E-state index is 12.3. The molecule has 0 radical (unpaired) electrons. The summed E-state index contributed by atoms with van der Waals surface area (Å²) in [5.74, 6) is 5.31. The number of carbonyl (C=O) groups excluding carboxylic acids is 1. The molecule has 128 valence electrons. The zero-order valence-corrected chi connectivity index (χ0v) is 16.4. The number of rotatable bonds is 5. The predicted molar refractivity (Wildman–Crippen MR) is 92.3 cm³/mol. The number of hydrogen-bond donors (Lipinski definition) is 2. The van der Waals surface area contributed by atoms with Crippen LogP contribution in [0, 0.1) is 17.3 Å². The molecule has 0 aromatic rings. The van der Waals surface area contributed by atoms with Crippen LogP contribution in [0.4, 0.5) is 0 Å². The molecular weight excluding hydrogens is 296 g/mol. The summed E-state index contributed by atoms with van der Waals surface area (Å²) in [5.41, 5.74) is -1.32. The van der Waals surface area contributed by atoms with Crippen LogP contribution in [0.3, 0.4) is 0 Å². The van der Waals surface area contributed by atoms with Crippen LogP contribution in [-0.4, -0.2) is 42.8 Å². The first-order chi connectivity index (χ1) is 9.73. The summed E-state index contributed by atoms with van der Waals surface area (Å²) >= 11 is 0. The molecular formula is C17H32O4Si. The Morgan fingerprint density at radius 2 is 1.64 bits per heavy atom. The normalized spacial score (nSPS) is 16.5. The molecule has 0 bridgehead atoms. The Morgan fingerprint density at radius 3 is 2.00 bits per heavy atom. The predicted octanol–water partition coefficient (Wildman–Crippen LogP) is 2.35. The van der Waals surface area contributed by atoms with E-state index in [1.54, 1.807) is 20.8 Å². The Hall–Kier alpha value is -0.833. The van der Waals surface area contributed by atoms with E-state index in [0.29, 0.717) is 0 Å². The molecule has 5 heteroatoms. The van der Waals surface area contributed by atoms with Crippen molar-refractivity contribution in [2.24, 2.45) is 5.41 Å². The topological polar surface area (TPSA) is 66.8 Å². The van der Waals surface area contributed by atoms with Crippen molar-refractivity contribution in [1.82, 2.24) is 0 Å². The Morgan fingerprint density at radius 1 is 1.14 bits per heavy atom. The van der Waals surface area contributed by atoms with Gasteiger partial charge < -0.3 is 14.9 Å². The number of carbonyl (C=O) groups is 1. The maximum absolute atomic E-state index is 12.3. The third-order valence-electron chi connectivity index (χ3n) is 2.89. The van der Waals surface area contributed by atoms with Gasteiger partial charge in [-0.05, 0) is 41.5 Å². The van der Waals surface area contributed by atoms with Crippen molar-refractivity contribution < 1.29 is 19.7 Å². The van der Waals surface area contributed by atoms with Gasteiger partial charge in [-0.3, -0.25) is 4.79 Å². The first-order valence-corrected chi connectivity index (χ1v) is 10.8. The fraction of sp³-hybridized carbons (Fsp3) is 0.824. The van der Waals surface area contributed by atoms with Gasteiger partial charge in [0.1, 0.15) is 11.7 Å². The lowest BCUT2D eigenvalue weighted by Crippen LogP contribution is -2.38. The molecule has 0 aliphatic rings. The van der Waals surface area contributed by atoms with Crippen molar-refractivity contribution >= 4 is 14.8 Å². The molecule has 0 heterocycles. The molecule has 22 heavy (non-hydrogen) atoms. The second kappa shape index (κ2) is 8.14. The average Bonchev–Trinajstić information content (AvgIpc) is 2.21. The molecule has 0 aliphatic heterocycles. The first kappa shape index (κ1) is 21.2. The van der Waals surface area contributed by atoms with E-state index in [1.165, 1.54) is 0 Å². The lowest BCUT2D eigenvalue weighted by Gasteiger charge is -2.28. The molecule has 4 nitrogen and oxygen atoms in total. The summed E-state index contributed by atoms with van der Waals surface area (Å²) in [4.78, 5) is 12.3. The van der Waals surface area contributed by atoms with Gasteiger partial charge in [0, 0.05) is 11.8 Å². The smallest absolute Gasteiger partial charge is 0.308 e. The number of aliphatic hydroxyl groups is 2. The molecule has 0 aromatic carbocycles. The molecule has 0 saturated carbocycles. The minimum absolute atomic E-state index is 0.0676. The van der Waals surface area contributed by atoms with Crippen LogP contribution in [0.2, 0.25) is 18.6 Å². The van der Waals surface area contributed by atoms with Crippen LogP contribution in [0.15, 0.2) is 0 Å². The van der Waals surface area contributed by atoms with Gasteiger partial charge in [0.2, 0.25) is 0 Å². The van der Waals surface area contributed by atoms with Crippen LogP contribution in [0.25, 0.3) is 0 Å². The molecule has 0 rings (SSSR count). The van der Waals surface area contributed by atoms with E-state index in [4.69, 9.17) is 4.74 Å². The minimum Gasteiger partial charge on any atom is -0.460 e. The second-order valence-electron chi connectivity index (χ2n) is 8.14. The van der Waals surface area contributed by atoms with Crippen LogP contribution < -0.4 is 0 Å². The zero-order valence-electron chi connectivity index (χ0n) is 15.2. The number of hydrogen-bond acceptors (Lipinski definition) is 4. The van der Waals surface area contributed by atoms with Gasteiger partial charge in [-0.2, -0.15) is 0 Å². The average molecular weight is 329 g/mol. The summed E-state index contributed by atoms with van der Waals surface area (Å²) in [7, 11) is -1.49. The lowest BCUT2D eigenvalue weighted by atomic mass is 9.97. The van der Waals surface area contributed by atoms with Crippen molar-refractivity contribution in [3.8, 4) is 11.8 Å². The molecule has 0 aromatic heterocycles. The van der Waals surface area contributed by atoms with Crippen LogP contribution in [-0.2, 0) is 9.53 Å². The molecule has 0 saturated heterocycles. The summed E-state index contributed by atoms with van der Waals surface area (Å²) in [6.07, 6.45) is -1.80. The van der Waals surface area contributed by atoms with E-state index in [-0.39, 0.29) is 17.8 Å². The summed E-state index contributed by atoms with van der Waals surface area (Å²) in [5, 5.41) is 20.3. The zero-order chi connectivity index (χ0) is 17.7. The van der Waals surface area contributed by atoms with Gasteiger partial charge in [0.05, 0.1) is 20.4 Å². The van der Waals surface area contributed by atoms with Gasteiger partial charge >= 0.3 is 5.97 Å². The highest BCUT2D eigenvalue weighted by Crippen LogP contribution is 2.24. The van der Waals surface area contributed by atoms with Gasteiger partial charge in [-0.1, -0.05) is 24.9 Å². The van der Waals surface area contributed by atoms with Gasteiger partial charge in [-0.15, -0.1) is 0 Å². The Labute approximate surface area is 136 Å². The molecule has 0 aliphatic carbocycles. The van der Waals surface area contributed by atoms with Crippen LogP contribution in [0.1, 0.15) is 48.0 Å². The number of esters is 1. The highest BCUT2D eigenvalue weighted by Gasteiger charge is 2.35. The van der Waals surface area contributed by atoms with Crippen molar-refractivity contribution in [3.05, 3.63) is 0 Å². The van der Waals surface area contributed by atoms with E-state index < -0.39 is 32.1 Å².